The molecule has 4 heteroatoms. The number of aryl methyl sites for hydroxylation is 1. The van der Waals surface area contributed by atoms with Gasteiger partial charge in [0.1, 0.15) is 22.7 Å². The molecule has 2 aromatic heterocycles. The van der Waals surface area contributed by atoms with Crippen molar-refractivity contribution in [1.29, 1.82) is 0 Å². The molecule has 0 bridgehead atoms. The van der Waals surface area contributed by atoms with Crippen LogP contribution in [0, 0.1) is 0 Å². The molecule has 0 saturated heterocycles. The minimum Gasteiger partial charge on any atom is -0.456 e. The average molecular weight is 671 g/mol. The molecule has 0 aliphatic heterocycles. The molecule has 248 valence electrons. The number of furan rings is 1. The maximum Gasteiger partial charge on any atom is 0.139 e. The van der Waals surface area contributed by atoms with Crippen LogP contribution in [0.25, 0.3) is 71.0 Å². The third-order valence-electron chi connectivity index (χ3n) is 10.3. The molecule has 4 nitrogen and oxygen atoms in total. The number of anilines is 3. The Kier molecular flexibility index (Phi) is 6.90. The van der Waals surface area contributed by atoms with Gasteiger partial charge < -0.3 is 19.0 Å². The van der Waals surface area contributed by atoms with Gasteiger partial charge in [0.25, 0.3) is 0 Å². The van der Waals surface area contributed by atoms with E-state index in [1.807, 2.05) is 42.5 Å². The third-order valence-corrected chi connectivity index (χ3v) is 10.3. The maximum absolute atomic E-state index is 6.75. The van der Waals surface area contributed by atoms with Crippen LogP contribution in [0.1, 0.15) is 18.1 Å². The molecule has 0 radical (unpaired) electrons. The highest BCUT2D eigenvalue weighted by atomic mass is 16.5. The van der Waals surface area contributed by atoms with Crippen LogP contribution in [0.5, 0.6) is 5.75 Å². The van der Waals surface area contributed by atoms with Gasteiger partial charge in [-0.2, -0.15) is 0 Å². The number of aromatic nitrogens is 1. The molecular weight excluding hydrogens is 637 g/mol. The number of para-hydroxylation sites is 2. The molecule has 10 aromatic rings. The minimum absolute atomic E-state index is 0.630. The molecule has 0 unspecified atom stereocenters. The summed E-state index contributed by atoms with van der Waals surface area (Å²) in [6.45, 7) is 6.52. The van der Waals surface area contributed by atoms with E-state index in [-0.39, 0.29) is 0 Å². The van der Waals surface area contributed by atoms with Crippen LogP contribution in [-0.2, 0) is 6.42 Å². The Morgan fingerprint density at radius 2 is 1.21 bits per heavy atom. The number of benzene rings is 8. The third kappa shape index (κ3) is 4.84. The van der Waals surface area contributed by atoms with Crippen LogP contribution in [0.15, 0.2) is 169 Å². The molecule has 0 atom stereocenters. The number of rotatable bonds is 7. The van der Waals surface area contributed by atoms with Crippen molar-refractivity contribution < 1.29 is 9.15 Å². The summed E-state index contributed by atoms with van der Waals surface area (Å²) in [5.41, 5.74) is 9.20. The highest BCUT2D eigenvalue weighted by Gasteiger charge is 2.20. The Hall–Kier alpha value is -6.78. The molecule has 2 heterocycles. The number of aromatic amines is 1. The fourth-order valence-corrected chi connectivity index (χ4v) is 7.77. The Morgan fingerprint density at radius 1 is 0.577 bits per heavy atom. The summed E-state index contributed by atoms with van der Waals surface area (Å²) < 4.78 is 13.0. The lowest BCUT2D eigenvalue weighted by molar-refractivity contribution is 0.517. The summed E-state index contributed by atoms with van der Waals surface area (Å²) in [5.74, 6) is 1.48. The van der Waals surface area contributed by atoms with Gasteiger partial charge in [-0.25, -0.2) is 0 Å². The molecule has 0 aliphatic rings. The minimum atomic E-state index is 0.630. The van der Waals surface area contributed by atoms with Gasteiger partial charge in [-0.15, -0.1) is 0 Å². The van der Waals surface area contributed by atoms with Crippen LogP contribution in [0.2, 0.25) is 0 Å². The first-order chi connectivity index (χ1) is 25.6. The summed E-state index contributed by atoms with van der Waals surface area (Å²) in [6.07, 6.45) is 0.832. The monoisotopic (exact) mass is 670 g/mol. The summed E-state index contributed by atoms with van der Waals surface area (Å²) in [7, 11) is 0. The van der Waals surface area contributed by atoms with E-state index in [4.69, 9.17) is 9.15 Å². The summed E-state index contributed by atoms with van der Waals surface area (Å²) in [6, 6.07) is 55.6. The molecule has 0 amide bonds. The maximum atomic E-state index is 6.75. The van der Waals surface area contributed by atoms with Crippen LogP contribution in [0.3, 0.4) is 0 Å². The highest BCUT2D eigenvalue weighted by molar-refractivity contribution is 6.13. The predicted molar refractivity (Wildman–Crippen MR) is 218 cm³/mol. The van der Waals surface area contributed by atoms with Gasteiger partial charge in [-0.1, -0.05) is 117 Å². The molecule has 1 N–H and O–H groups in total. The van der Waals surface area contributed by atoms with Crippen molar-refractivity contribution >= 4 is 88.1 Å². The Labute approximate surface area is 300 Å². The van der Waals surface area contributed by atoms with Gasteiger partial charge in [0.05, 0.1) is 0 Å². The summed E-state index contributed by atoms with van der Waals surface area (Å²) >= 11 is 0. The van der Waals surface area contributed by atoms with Gasteiger partial charge in [0.15, 0.2) is 0 Å². The van der Waals surface area contributed by atoms with E-state index in [2.05, 4.69) is 139 Å². The van der Waals surface area contributed by atoms with Crippen molar-refractivity contribution in [2.75, 3.05) is 4.90 Å². The van der Waals surface area contributed by atoms with Crippen LogP contribution < -0.4 is 9.64 Å². The Balaban J connectivity index is 1.21. The van der Waals surface area contributed by atoms with Crippen LogP contribution >= 0.6 is 0 Å². The van der Waals surface area contributed by atoms with E-state index in [1.54, 1.807) is 0 Å². The van der Waals surface area contributed by atoms with Crippen LogP contribution in [-0.4, -0.2) is 4.98 Å². The topological polar surface area (TPSA) is 41.4 Å². The average Bonchev–Trinajstić information content (AvgIpc) is 3.76. The van der Waals surface area contributed by atoms with Crippen molar-refractivity contribution in [3.05, 3.63) is 175 Å². The lowest BCUT2D eigenvalue weighted by Gasteiger charge is -2.26. The summed E-state index contributed by atoms with van der Waals surface area (Å²) in [4.78, 5) is 6.01. The lowest BCUT2D eigenvalue weighted by atomic mass is 9.97. The highest BCUT2D eigenvalue weighted by Crippen LogP contribution is 2.44. The predicted octanol–water partition coefficient (Wildman–Crippen LogP) is 13.6. The molecule has 52 heavy (non-hydrogen) atoms. The number of nitrogens with zero attached hydrogens (tertiary/aromatic N) is 1. The molecule has 0 fully saturated rings. The molecule has 0 spiro atoms. The zero-order valence-corrected chi connectivity index (χ0v) is 28.7. The second-order valence-electron chi connectivity index (χ2n) is 13.4. The number of fused-ring (bicyclic) bond motifs is 9. The normalized spacial score (nSPS) is 11.7. The molecule has 10 rings (SSSR count). The first kappa shape index (κ1) is 30.1. The first-order valence-electron chi connectivity index (χ1n) is 17.8. The first-order valence-corrected chi connectivity index (χ1v) is 17.8. The Bertz CT molecular complexity index is 3010. The second-order valence-corrected chi connectivity index (χ2v) is 13.4. The Morgan fingerprint density at radius 3 is 2.08 bits per heavy atom. The number of ether oxygens (including phenoxy) is 1. The van der Waals surface area contributed by atoms with Crippen molar-refractivity contribution in [2.24, 2.45) is 0 Å². The summed E-state index contributed by atoms with van der Waals surface area (Å²) in [5, 5.41) is 9.06. The smallest absolute Gasteiger partial charge is 0.139 e. The molecule has 8 aromatic carbocycles. The number of H-pyrrole nitrogens is 1. The van der Waals surface area contributed by atoms with E-state index in [0.717, 1.165) is 94.9 Å². The van der Waals surface area contributed by atoms with Crippen molar-refractivity contribution in [2.45, 2.75) is 13.3 Å². The van der Waals surface area contributed by atoms with Crippen LogP contribution in [0.4, 0.5) is 17.1 Å². The standard InChI is InChI=1S/C48H34N2O2/c1-3-31-17-19-34-20-18-33-21-22-35(27-41(33)47(34)48(31)51-30(2)32-11-5-4-6-12-32)50(36-24-26-46-42(28-36)40-14-8-10-16-45(40)52-46)37-23-25-39-38-13-7-9-15-43(38)49-44(39)29-37/h4-29,49H,2-3H2,1H3. The van der Waals surface area contributed by atoms with E-state index in [0.29, 0.717) is 5.76 Å². The quantitative estimate of drug-likeness (QED) is 0.136. The van der Waals surface area contributed by atoms with E-state index in [1.165, 1.54) is 10.8 Å². The number of hydrogen-bond donors (Lipinski definition) is 1. The van der Waals surface area contributed by atoms with Gasteiger partial charge >= 0.3 is 0 Å². The zero-order chi connectivity index (χ0) is 34.8. The van der Waals surface area contributed by atoms with Gasteiger partial charge in [0.2, 0.25) is 0 Å². The van der Waals surface area contributed by atoms with E-state index >= 15 is 0 Å². The molecule has 0 aliphatic carbocycles. The molecular formula is C48H34N2O2. The van der Waals surface area contributed by atoms with Crippen molar-refractivity contribution in [1.82, 2.24) is 4.98 Å². The van der Waals surface area contributed by atoms with Gasteiger partial charge in [-0.3, -0.25) is 0 Å². The van der Waals surface area contributed by atoms with E-state index < -0.39 is 0 Å². The fourth-order valence-electron chi connectivity index (χ4n) is 7.77. The lowest BCUT2D eigenvalue weighted by Crippen LogP contribution is -2.10. The van der Waals surface area contributed by atoms with Crippen molar-refractivity contribution in [3.63, 3.8) is 0 Å². The fraction of sp³-hybridized carbons (Fsp3) is 0.0417. The SMILES string of the molecule is C=C(Oc1c(CC)ccc2ccc3ccc(N(c4ccc5c(c4)[nH]c4ccccc45)c4ccc5oc6ccccc6c5c4)cc3c12)c1ccccc1. The second kappa shape index (κ2) is 11.9. The van der Waals surface area contributed by atoms with Crippen molar-refractivity contribution in [3.8, 4) is 5.75 Å². The van der Waals surface area contributed by atoms with E-state index in [9.17, 15) is 0 Å². The molecule has 0 saturated carbocycles. The van der Waals surface area contributed by atoms with Gasteiger partial charge in [0, 0.05) is 60.6 Å². The number of nitrogens with one attached hydrogen (secondary N) is 1. The largest absolute Gasteiger partial charge is 0.456 e. The van der Waals surface area contributed by atoms with Gasteiger partial charge in [-0.05, 0) is 82.7 Å². The number of hydrogen-bond acceptors (Lipinski definition) is 3. The zero-order valence-electron chi connectivity index (χ0n) is 28.7.